The number of rotatable bonds is 6. The highest BCUT2D eigenvalue weighted by Gasteiger charge is 1.90. The Morgan fingerprint density at radius 1 is 1.00 bits per heavy atom. The lowest BCUT2D eigenvalue weighted by atomic mass is 10.1. The Morgan fingerprint density at radius 2 is 1.62 bits per heavy atom. The van der Waals surface area contributed by atoms with Gasteiger partial charge >= 0.3 is 0 Å². The molecule has 0 spiro atoms. The third-order valence-electron chi connectivity index (χ3n) is 2.37. The molecule has 1 nitrogen and oxygen atoms in total. The summed E-state index contributed by atoms with van der Waals surface area (Å²) in [5, 5.41) is 0. The summed E-state index contributed by atoms with van der Waals surface area (Å²) in [4.78, 5) is 10.0. The highest BCUT2D eigenvalue weighted by molar-refractivity contribution is 5.44. The molecule has 0 atom stereocenters. The Morgan fingerprint density at radius 3 is 2.19 bits per heavy atom. The molecule has 0 fully saturated rings. The van der Waals surface area contributed by atoms with Crippen LogP contribution < -0.4 is 0 Å². The average Bonchev–Trinajstić information content (AvgIpc) is 2.17. The van der Waals surface area contributed by atoms with Crippen molar-refractivity contribution in [1.82, 2.24) is 0 Å². The summed E-state index contributed by atoms with van der Waals surface area (Å²) in [6.07, 6.45) is 8.63. The van der Waals surface area contributed by atoms with Gasteiger partial charge in [0.1, 0.15) is 0 Å². The average molecular weight is 218 g/mol. The lowest BCUT2D eigenvalue weighted by molar-refractivity contribution is 0.569. The van der Waals surface area contributed by atoms with Gasteiger partial charge in [0.15, 0.2) is 5.94 Å². The largest absolute Gasteiger partial charge is 0.224 e. The summed E-state index contributed by atoms with van der Waals surface area (Å²) in [6, 6.07) is 0. The maximum atomic E-state index is 10.0. The van der Waals surface area contributed by atoms with E-state index in [4.69, 9.17) is 0 Å². The van der Waals surface area contributed by atoms with E-state index in [0.29, 0.717) is 0 Å². The van der Waals surface area contributed by atoms with Crippen molar-refractivity contribution in [1.29, 1.82) is 0 Å². The van der Waals surface area contributed by atoms with Crippen LogP contribution >= 0.6 is 0 Å². The van der Waals surface area contributed by atoms with Gasteiger partial charge in [-0.2, -0.15) is 0 Å². The van der Waals surface area contributed by atoms with Crippen LogP contribution in [0.5, 0.6) is 0 Å². The van der Waals surface area contributed by atoms with Crippen LogP contribution in [0.25, 0.3) is 0 Å². The van der Waals surface area contributed by atoms with Gasteiger partial charge in [0.05, 0.1) is 0 Å². The first-order valence-corrected chi connectivity index (χ1v) is 5.81. The quantitative estimate of drug-likeness (QED) is 0.367. The van der Waals surface area contributed by atoms with E-state index in [9.17, 15) is 4.79 Å². The van der Waals surface area contributed by atoms with Crippen LogP contribution in [-0.4, -0.2) is 5.94 Å². The monoisotopic (exact) mass is 218 g/mol. The van der Waals surface area contributed by atoms with Gasteiger partial charge in [-0.15, -0.1) is 0 Å². The van der Waals surface area contributed by atoms with Crippen molar-refractivity contribution in [3.63, 3.8) is 0 Å². The van der Waals surface area contributed by atoms with E-state index in [1.54, 1.807) is 5.94 Å². The van der Waals surface area contributed by atoms with E-state index in [2.05, 4.69) is 38.7 Å². The van der Waals surface area contributed by atoms with Crippen LogP contribution in [-0.2, 0) is 4.79 Å². The predicted molar refractivity (Wildman–Crippen MR) is 70.0 cm³/mol. The standard InChI is InChI=1S/C15H22O/c1-13(2)7-5-8-14(3)9-6-10-15(4)11-12-16/h7,9H,5-6,8,10H2,1-4H3. The highest BCUT2D eigenvalue weighted by Crippen LogP contribution is 2.10. The van der Waals surface area contributed by atoms with Crippen molar-refractivity contribution < 1.29 is 4.79 Å². The molecule has 0 aromatic rings. The van der Waals surface area contributed by atoms with Gasteiger partial charge in [-0.05, 0) is 64.7 Å². The van der Waals surface area contributed by atoms with Gasteiger partial charge in [-0.25, -0.2) is 4.79 Å². The molecule has 0 aromatic heterocycles. The molecule has 1 heteroatoms. The van der Waals surface area contributed by atoms with E-state index < -0.39 is 0 Å². The minimum atomic E-state index is 0.898. The Labute approximate surface area is 99.3 Å². The summed E-state index contributed by atoms with van der Waals surface area (Å²) in [6.45, 7) is 8.32. The molecule has 16 heavy (non-hydrogen) atoms. The molecule has 88 valence electrons. The van der Waals surface area contributed by atoms with Crippen molar-refractivity contribution in [3.05, 3.63) is 34.6 Å². The van der Waals surface area contributed by atoms with Crippen molar-refractivity contribution in [2.24, 2.45) is 0 Å². The van der Waals surface area contributed by atoms with Crippen LogP contribution in [0.3, 0.4) is 0 Å². The Kier molecular flexibility index (Phi) is 8.25. The van der Waals surface area contributed by atoms with Gasteiger partial charge in [-0.3, -0.25) is 0 Å². The zero-order valence-electron chi connectivity index (χ0n) is 10.9. The number of allylic oxidation sites excluding steroid dienone is 5. The Bertz CT molecular complexity index is 342. The van der Waals surface area contributed by atoms with E-state index in [-0.39, 0.29) is 0 Å². The van der Waals surface area contributed by atoms with Gasteiger partial charge < -0.3 is 0 Å². The van der Waals surface area contributed by atoms with Gasteiger partial charge in [0.25, 0.3) is 0 Å². The summed E-state index contributed by atoms with van der Waals surface area (Å²) in [5.74, 6) is 1.69. The highest BCUT2D eigenvalue weighted by atomic mass is 16.1. The fourth-order valence-electron chi connectivity index (χ4n) is 1.38. The molecule has 0 bridgehead atoms. The minimum Gasteiger partial charge on any atom is -0.224 e. The molecule has 0 aliphatic rings. The first kappa shape index (κ1) is 14.7. The first-order chi connectivity index (χ1) is 7.56. The molecular formula is C15H22O. The van der Waals surface area contributed by atoms with Crippen molar-refractivity contribution in [3.8, 4) is 0 Å². The van der Waals surface area contributed by atoms with Gasteiger partial charge in [0.2, 0.25) is 0 Å². The predicted octanol–water partition coefficient (Wildman–Crippen LogP) is 4.39. The fraction of sp³-hybridized carbons (Fsp3) is 0.533. The topological polar surface area (TPSA) is 17.1 Å². The Balaban J connectivity index is 3.92. The molecule has 0 rings (SSSR count). The lowest BCUT2D eigenvalue weighted by Gasteiger charge is -1.99. The zero-order chi connectivity index (χ0) is 12.4. The van der Waals surface area contributed by atoms with Gasteiger partial charge in [-0.1, -0.05) is 23.3 Å². The third kappa shape index (κ3) is 9.27. The lowest BCUT2D eigenvalue weighted by Crippen LogP contribution is -1.79. The molecule has 0 radical (unpaired) electrons. The van der Waals surface area contributed by atoms with E-state index in [0.717, 1.165) is 31.3 Å². The normalized spacial score (nSPS) is 10.4. The smallest absolute Gasteiger partial charge is 0.177 e. The van der Waals surface area contributed by atoms with E-state index in [1.807, 2.05) is 6.92 Å². The minimum absolute atomic E-state index is 0.898. The molecule has 0 aliphatic heterocycles. The summed E-state index contributed by atoms with van der Waals surface area (Å²) in [7, 11) is 0. The molecule has 0 unspecified atom stereocenters. The van der Waals surface area contributed by atoms with Crippen LogP contribution in [0, 0.1) is 0 Å². The molecule has 0 aromatic carbocycles. The SMILES string of the molecule is CC(=C=C=O)CCC=C(C)CCC=C(C)C. The van der Waals surface area contributed by atoms with Crippen molar-refractivity contribution in [2.75, 3.05) is 0 Å². The van der Waals surface area contributed by atoms with Crippen LogP contribution in [0.15, 0.2) is 34.6 Å². The maximum absolute atomic E-state index is 10.0. The molecule has 0 saturated carbocycles. The molecule has 0 N–H and O–H groups in total. The van der Waals surface area contributed by atoms with Crippen LogP contribution in [0.4, 0.5) is 0 Å². The van der Waals surface area contributed by atoms with Crippen molar-refractivity contribution in [2.45, 2.75) is 53.4 Å². The Hall–Kier alpha value is -1.29. The summed E-state index contributed by atoms with van der Waals surface area (Å²) < 4.78 is 0. The van der Waals surface area contributed by atoms with Crippen molar-refractivity contribution >= 4 is 5.94 Å². The molecular weight excluding hydrogens is 196 g/mol. The third-order valence-corrected chi connectivity index (χ3v) is 2.37. The second-order valence-electron chi connectivity index (χ2n) is 4.42. The second-order valence-corrected chi connectivity index (χ2v) is 4.42. The molecule has 0 heterocycles. The van der Waals surface area contributed by atoms with Gasteiger partial charge in [0, 0.05) is 0 Å². The number of carbonyl (C=O) groups excluding carboxylic acids is 1. The van der Waals surface area contributed by atoms with Crippen LogP contribution in [0.2, 0.25) is 0 Å². The first-order valence-electron chi connectivity index (χ1n) is 5.81. The summed E-state index contributed by atoms with van der Waals surface area (Å²) in [5.41, 5.74) is 6.32. The number of hydrogen-bond donors (Lipinski definition) is 0. The molecule has 0 aliphatic carbocycles. The van der Waals surface area contributed by atoms with Crippen LogP contribution in [0.1, 0.15) is 53.4 Å². The molecule has 0 saturated heterocycles. The van der Waals surface area contributed by atoms with E-state index in [1.165, 1.54) is 11.1 Å². The second kappa shape index (κ2) is 8.97. The van der Waals surface area contributed by atoms with E-state index >= 15 is 0 Å². The maximum Gasteiger partial charge on any atom is 0.177 e. The molecule has 0 amide bonds. The fourth-order valence-corrected chi connectivity index (χ4v) is 1.38. The number of hydrogen-bond acceptors (Lipinski definition) is 1. The zero-order valence-corrected chi connectivity index (χ0v) is 10.9. The summed E-state index contributed by atoms with van der Waals surface area (Å²) >= 11 is 0.